The highest BCUT2D eigenvalue weighted by Crippen LogP contribution is 2.30. The van der Waals surface area contributed by atoms with E-state index in [1.165, 1.54) is 11.3 Å². The van der Waals surface area contributed by atoms with E-state index in [9.17, 15) is 9.59 Å². The van der Waals surface area contributed by atoms with Crippen molar-refractivity contribution in [1.29, 1.82) is 0 Å². The van der Waals surface area contributed by atoms with E-state index in [1.807, 2.05) is 42.6 Å². The van der Waals surface area contributed by atoms with Gasteiger partial charge in [-0.25, -0.2) is 4.98 Å². The number of thiazole rings is 1. The molecule has 1 N–H and O–H groups in total. The summed E-state index contributed by atoms with van der Waals surface area (Å²) in [5.74, 6) is -0.444. The second-order valence-corrected chi connectivity index (χ2v) is 6.23. The van der Waals surface area contributed by atoms with Crippen molar-refractivity contribution in [3.63, 3.8) is 0 Å². The first-order valence-electron chi connectivity index (χ1n) is 7.21. The van der Waals surface area contributed by atoms with E-state index in [4.69, 9.17) is 4.74 Å². The fourth-order valence-electron chi connectivity index (χ4n) is 2.57. The van der Waals surface area contributed by atoms with Crippen LogP contribution in [0.15, 0.2) is 35.7 Å². The number of ether oxygens (including phenoxy) is 1. The zero-order valence-electron chi connectivity index (χ0n) is 12.9. The number of rotatable bonds is 3. The Labute approximate surface area is 138 Å². The number of anilines is 1. The third kappa shape index (κ3) is 3.25. The normalized spacial score (nSPS) is 21.3. The lowest BCUT2D eigenvalue weighted by Crippen LogP contribution is -2.51. The quantitative estimate of drug-likeness (QED) is 0.934. The van der Waals surface area contributed by atoms with Crippen molar-refractivity contribution in [1.82, 2.24) is 9.88 Å². The van der Waals surface area contributed by atoms with Crippen molar-refractivity contribution >= 4 is 28.3 Å². The first kappa shape index (κ1) is 15.6. The Morgan fingerprint density at radius 1 is 1.39 bits per heavy atom. The minimum atomic E-state index is -0.774. The number of morpholine rings is 1. The van der Waals surface area contributed by atoms with Gasteiger partial charge in [-0.1, -0.05) is 30.3 Å². The van der Waals surface area contributed by atoms with Crippen LogP contribution >= 0.6 is 11.3 Å². The fourth-order valence-corrected chi connectivity index (χ4v) is 3.26. The molecule has 2 aromatic rings. The van der Waals surface area contributed by atoms with Crippen LogP contribution in [-0.4, -0.2) is 41.5 Å². The van der Waals surface area contributed by atoms with Gasteiger partial charge in [0.05, 0.1) is 11.7 Å². The Morgan fingerprint density at radius 2 is 2.13 bits per heavy atom. The first-order valence-corrected chi connectivity index (χ1v) is 8.09. The third-order valence-electron chi connectivity index (χ3n) is 3.73. The van der Waals surface area contributed by atoms with Crippen LogP contribution in [0.3, 0.4) is 0 Å². The Bertz CT molecular complexity index is 716. The number of aryl methyl sites for hydroxylation is 1. The molecule has 1 fully saturated rings. The SMILES string of the molecule is Cc1csc(NC(=O)C2OCC(=O)N(C)C2c2ccccc2)n1. The summed E-state index contributed by atoms with van der Waals surface area (Å²) in [6.45, 7) is 1.76. The van der Waals surface area contributed by atoms with Crippen LogP contribution in [0.2, 0.25) is 0 Å². The number of nitrogens with one attached hydrogen (secondary N) is 1. The average Bonchev–Trinajstić information content (AvgIpc) is 2.95. The summed E-state index contributed by atoms with van der Waals surface area (Å²) < 4.78 is 5.54. The summed E-state index contributed by atoms with van der Waals surface area (Å²) >= 11 is 1.36. The molecule has 3 rings (SSSR count). The summed E-state index contributed by atoms with van der Waals surface area (Å²) in [5.41, 5.74) is 1.71. The monoisotopic (exact) mass is 331 g/mol. The Hall–Kier alpha value is -2.25. The molecule has 1 aliphatic rings. The van der Waals surface area contributed by atoms with Crippen LogP contribution in [-0.2, 0) is 14.3 Å². The topological polar surface area (TPSA) is 71.5 Å². The van der Waals surface area contributed by atoms with Gasteiger partial charge in [-0.3, -0.25) is 14.9 Å². The van der Waals surface area contributed by atoms with Crippen LogP contribution in [0.25, 0.3) is 0 Å². The second-order valence-electron chi connectivity index (χ2n) is 5.38. The third-order valence-corrected chi connectivity index (χ3v) is 4.61. The molecule has 2 unspecified atom stereocenters. The molecule has 0 aliphatic carbocycles. The lowest BCUT2D eigenvalue weighted by atomic mass is 9.98. The minimum Gasteiger partial charge on any atom is -0.356 e. The molecule has 2 heterocycles. The van der Waals surface area contributed by atoms with Crippen LogP contribution < -0.4 is 5.32 Å². The number of aromatic nitrogens is 1. The van der Waals surface area contributed by atoms with Gasteiger partial charge in [0.2, 0.25) is 5.91 Å². The molecule has 0 saturated carbocycles. The number of hydrogen-bond acceptors (Lipinski definition) is 5. The van der Waals surface area contributed by atoms with Crippen molar-refractivity contribution in [3.05, 3.63) is 47.0 Å². The molecule has 0 radical (unpaired) electrons. The fraction of sp³-hybridized carbons (Fsp3) is 0.312. The summed E-state index contributed by atoms with van der Waals surface area (Å²) in [7, 11) is 1.69. The minimum absolute atomic E-state index is 0.102. The van der Waals surface area contributed by atoms with Gasteiger partial charge in [0.1, 0.15) is 6.61 Å². The van der Waals surface area contributed by atoms with Gasteiger partial charge in [0.15, 0.2) is 11.2 Å². The van der Waals surface area contributed by atoms with E-state index in [2.05, 4.69) is 10.3 Å². The van der Waals surface area contributed by atoms with Gasteiger partial charge in [0.25, 0.3) is 5.91 Å². The molecule has 6 nitrogen and oxygen atoms in total. The van der Waals surface area contributed by atoms with Gasteiger partial charge in [-0.2, -0.15) is 0 Å². The lowest BCUT2D eigenvalue weighted by Gasteiger charge is -2.38. The van der Waals surface area contributed by atoms with Gasteiger partial charge in [-0.15, -0.1) is 11.3 Å². The van der Waals surface area contributed by atoms with Crippen LogP contribution in [0.1, 0.15) is 17.3 Å². The molecule has 0 bridgehead atoms. The maximum Gasteiger partial charge on any atom is 0.257 e. The summed E-state index contributed by atoms with van der Waals surface area (Å²) in [6.07, 6.45) is -0.774. The number of hydrogen-bond donors (Lipinski definition) is 1. The highest BCUT2D eigenvalue weighted by molar-refractivity contribution is 7.13. The van der Waals surface area contributed by atoms with Crippen LogP contribution in [0, 0.1) is 6.92 Å². The Balaban J connectivity index is 1.85. The maximum atomic E-state index is 12.6. The highest BCUT2D eigenvalue weighted by Gasteiger charge is 2.40. The number of likely N-dealkylation sites (N-methyl/N-ethyl adjacent to an activating group) is 1. The number of nitrogens with zero attached hydrogens (tertiary/aromatic N) is 2. The van der Waals surface area contributed by atoms with E-state index in [0.717, 1.165) is 11.3 Å². The van der Waals surface area contributed by atoms with Gasteiger partial charge < -0.3 is 9.64 Å². The molecule has 2 amide bonds. The smallest absolute Gasteiger partial charge is 0.257 e. The average molecular weight is 331 g/mol. The van der Waals surface area contributed by atoms with E-state index in [-0.39, 0.29) is 18.4 Å². The molecule has 1 aromatic heterocycles. The molecular formula is C16H17N3O3S. The molecule has 1 saturated heterocycles. The largest absolute Gasteiger partial charge is 0.356 e. The van der Waals surface area contributed by atoms with Crippen molar-refractivity contribution in [2.24, 2.45) is 0 Å². The maximum absolute atomic E-state index is 12.6. The number of amides is 2. The highest BCUT2D eigenvalue weighted by atomic mass is 32.1. The number of carbonyl (C=O) groups is 2. The predicted molar refractivity (Wildman–Crippen MR) is 87.2 cm³/mol. The molecule has 1 aliphatic heterocycles. The van der Waals surface area contributed by atoms with Crippen molar-refractivity contribution in [3.8, 4) is 0 Å². The van der Waals surface area contributed by atoms with E-state index in [1.54, 1.807) is 11.9 Å². The summed E-state index contributed by atoms with van der Waals surface area (Å²) in [4.78, 5) is 30.4. The van der Waals surface area contributed by atoms with E-state index >= 15 is 0 Å². The van der Waals surface area contributed by atoms with Crippen LogP contribution in [0.5, 0.6) is 0 Å². The standard InChI is InChI=1S/C16H17N3O3S/c1-10-9-23-16(17-10)18-15(21)14-13(11-6-4-3-5-7-11)19(2)12(20)8-22-14/h3-7,9,13-14H,8H2,1-2H3,(H,17,18,21). The summed E-state index contributed by atoms with van der Waals surface area (Å²) in [6, 6.07) is 8.96. The van der Waals surface area contributed by atoms with Crippen LogP contribution in [0.4, 0.5) is 5.13 Å². The van der Waals surface area contributed by atoms with Gasteiger partial charge in [-0.05, 0) is 12.5 Å². The van der Waals surface area contributed by atoms with Crippen molar-refractivity contribution < 1.29 is 14.3 Å². The molecule has 23 heavy (non-hydrogen) atoms. The zero-order chi connectivity index (χ0) is 16.4. The van der Waals surface area contributed by atoms with E-state index in [0.29, 0.717) is 5.13 Å². The molecule has 1 aromatic carbocycles. The van der Waals surface area contributed by atoms with E-state index < -0.39 is 12.1 Å². The molecule has 2 atom stereocenters. The molecule has 0 spiro atoms. The Kier molecular flexibility index (Phi) is 4.40. The van der Waals surface area contributed by atoms with Crippen molar-refractivity contribution in [2.45, 2.75) is 19.1 Å². The molecular weight excluding hydrogens is 314 g/mol. The van der Waals surface area contributed by atoms with Gasteiger partial charge in [0, 0.05) is 12.4 Å². The second kappa shape index (κ2) is 6.47. The number of benzene rings is 1. The number of carbonyl (C=O) groups excluding carboxylic acids is 2. The first-order chi connectivity index (χ1) is 11.1. The van der Waals surface area contributed by atoms with Crippen molar-refractivity contribution in [2.75, 3.05) is 19.0 Å². The molecule has 7 heteroatoms. The lowest BCUT2D eigenvalue weighted by molar-refractivity contribution is -0.160. The summed E-state index contributed by atoms with van der Waals surface area (Å²) in [5, 5.41) is 5.17. The predicted octanol–water partition coefficient (Wildman–Crippen LogP) is 1.99. The molecule has 120 valence electrons. The van der Waals surface area contributed by atoms with Gasteiger partial charge >= 0.3 is 0 Å². The Morgan fingerprint density at radius 3 is 2.78 bits per heavy atom. The zero-order valence-corrected chi connectivity index (χ0v) is 13.7.